The summed E-state index contributed by atoms with van der Waals surface area (Å²) in [6.07, 6.45) is 1.65. The standard InChI is InChI=1S/C21H18Cl2N2O5S/c1-29-8-7-25-20(28)17(31-21(25)24-14-5-3-2-4-6-14)11-13-9-15(22)19(16(23)10-13)30-12-18(26)27/h2-6,9-11H,7-8,12H2,1H3,(H,26,27). The van der Waals surface area contributed by atoms with Crippen LogP contribution in [0.4, 0.5) is 5.69 Å². The molecule has 1 aliphatic rings. The minimum Gasteiger partial charge on any atom is -0.479 e. The lowest BCUT2D eigenvalue weighted by atomic mass is 10.2. The lowest BCUT2D eigenvalue weighted by Gasteiger charge is -2.14. The van der Waals surface area contributed by atoms with Crippen molar-refractivity contribution in [3.05, 3.63) is 63.0 Å². The summed E-state index contributed by atoms with van der Waals surface area (Å²) in [5.41, 5.74) is 1.30. The molecule has 1 fully saturated rings. The number of hydrogen-bond acceptors (Lipinski definition) is 6. The Morgan fingerprint density at radius 3 is 2.52 bits per heavy atom. The van der Waals surface area contributed by atoms with Crippen molar-refractivity contribution in [2.45, 2.75) is 0 Å². The highest BCUT2D eigenvalue weighted by Crippen LogP contribution is 2.38. The molecule has 1 heterocycles. The molecule has 2 aromatic rings. The average Bonchev–Trinajstić information content (AvgIpc) is 3.00. The molecular weight excluding hydrogens is 463 g/mol. The van der Waals surface area contributed by atoms with Crippen LogP contribution in [-0.4, -0.2) is 53.9 Å². The molecule has 1 saturated heterocycles. The second-order valence-electron chi connectivity index (χ2n) is 6.29. The zero-order chi connectivity index (χ0) is 22.4. The van der Waals surface area contributed by atoms with Crippen LogP contribution in [-0.2, 0) is 14.3 Å². The van der Waals surface area contributed by atoms with E-state index in [4.69, 9.17) is 37.8 Å². The van der Waals surface area contributed by atoms with Gasteiger partial charge in [-0.1, -0.05) is 41.4 Å². The normalized spacial score (nSPS) is 16.4. The average molecular weight is 481 g/mol. The molecule has 0 saturated carbocycles. The molecule has 1 amide bonds. The van der Waals surface area contributed by atoms with Gasteiger partial charge < -0.3 is 14.6 Å². The van der Waals surface area contributed by atoms with Gasteiger partial charge in [0.05, 0.1) is 33.8 Å². The largest absolute Gasteiger partial charge is 0.479 e. The molecule has 0 bridgehead atoms. The molecule has 0 radical (unpaired) electrons. The number of ether oxygens (including phenoxy) is 2. The first kappa shape index (κ1) is 23.1. The lowest BCUT2D eigenvalue weighted by Crippen LogP contribution is -2.32. The molecule has 1 N–H and O–H groups in total. The summed E-state index contributed by atoms with van der Waals surface area (Å²) in [4.78, 5) is 30.3. The maximum Gasteiger partial charge on any atom is 0.341 e. The second-order valence-corrected chi connectivity index (χ2v) is 8.11. The molecule has 31 heavy (non-hydrogen) atoms. The first-order valence-corrected chi connectivity index (χ1v) is 10.6. The van der Waals surface area contributed by atoms with Gasteiger partial charge in [0.15, 0.2) is 17.5 Å². The van der Waals surface area contributed by atoms with E-state index in [9.17, 15) is 9.59 Å². The highest BCUT2D eigenvalue weighted by atomic mass is 35.5. The van der Waals surface area contributed by atoms with E-state index in [1.165, 1.54) is 11.8 Å². The zero-order valence-corrected chi connectivity index (χ0v) is 18.7. The SMILES string of the molecule is COCCN1C(=O)C(=Cc2cc(Cl)c(OCC(=O)O)c(Cl)c2)SC1=Nc1ccccc1. The van der Waals surface area contributed by atoms with E-state index in [0.717, 1.165) is 5.69 Å². The Hall–Kier alpha value is -2.52. The van der Waals surface area contributed by atoms with Gasteiger partial charge in [0.25, 0.3) is 5.91 Å². The van der Waals surface area contributed by atoms with E-state index in [1.807, 2.05) is 30.3 Å². The van der Waals surface area contributed by atoms with Gasteiger partial charge in [-0.25, -0.2) is 9.79 Å². The van der Waals surface area contributed by atoms with Gasteiger partial charge in [-0.05, 0) is 47.7 Å². The number of halogens is 2. The number of carbonyl (C=O) groups is 2. The number of carbonyl (C=O) groups excluding carboxylic acids is 1. The van der Waals surface area contributed by atoms with E-state index < -0.39 is 12.6 Å². The fraction of sp³-hybridized carbons (Fsp3) is 0.190. The molecular formula is C21H18Cl2N2O5S. The number of nitrogens with zero attached hydrogens (tertiary/aromatic N) is 2. The number of carboxylic acid groups (broad SMARTS) is 1. The molecule has 7 nitrogen and oxygen atoms in total. The fourth-order valence-corrected chi connectivity index (χ4v) is 4.31. The van der Waals surface area contributed by atoms with E-state index in [1.54, 1.807) is 30.2 Å². The van der Waals surface area contributed by atoms with Gasteiger partial charge in [-0.15, -0.1) is 0 Å². The van der Waals surface area contributed by atoms with Crippen molar-refractivity contribution in [1.29, 1.82) is 0 Å². The maximum absolute atomic E-state index is 13.0. The van der Waals surface area contributed by atoms with Crippen molar-refractivity contribution in [1.82, 2.24) is 4.90 Å². The van der Waals surface area contributed by atoms with E-state index in [0.29, 0.717) is 28.8 Å². The highest BCUT2D eigenvalue weighted by Gasteiger charge is 2.33. The summed E-state index contributed by atoms with van der Waals surface area (Å²) in [6.45, 7) is 0.150. The molecule has 0 atom stereocenters. The van der Waals surface area contributed by atoms with Gasteiger partial charge >= 0.3 is 5.97 Å². The third-order valence-electron chi connectivity index (χ3n) is 4.05. The number of amides is 1. The van der Waals surface area contributed by atoms with Crippen LogP contribution in [0.1, 0.15) is 5.56 Å². The Kier molecular flexibility index (Phi) is 7.97. The van der Waals surface area contributed by atoms with Crippen molar-refractivity contribution >= 4 is 63.8 Å². The van der Waals surface area contributed by atoms with Crippen molar-refractivity contribution in [2.75, 3.05) is 26.9 Å². The molecule has 0 unspecified atom stereocenters. The van der Waals surface area contributed by atoms with E-state index in [-0.39, 0.29) is 21.7 Å². The van der Waals surface area contributed by atoms with Gasteiger partial charge in [-0.2, -0.15) is 0 Å². The van der Waals surface area contributed by atoms with E-state index >= 15 is 0 Å². The van der Waals surface area contributed by atoms with Gasteiger partial charge in [0, 0.05) is 7.11 Å². The summed E-state index contributed by atoms with van der Waals surface area (Å²) >= 11 is 13.6. The van der Waals surface area contributed by atoms with Crippen LogP contribution in [0.3, 0.4) is 0 Å². The first-order chi connectivity index (χ1) is 14.9. The van der Waals surface area contributed by atoms with Crippen molar-refractivity contribution < 1.29 is 24.2 Å². The topological polar surface area (TPSA) is 88.4 Å². The van der Waals surface area contributed by atoms with Crippen molar-refractivity contribution in [2.24, 2.45) is 4.99 Å². The highest BCUT2D eigenvalue weighted by molar-refractivity contribution is 8.18. The Bertz CT molecular complexity index is 1020. The first-order valence-electron chi connectivity index (χ1n) is 9.06. The summed E-state index contributed by atoms with van der Waals surface area (Å²) < 4.78 is 10.2. The molecule has 2 aromatic carbocycles. The van der Waals surface area contributed by atoms with Gasteiger partial charge in [0.1, 0.15) is 0 Å². The van der Waals surface area contributed by atoms with E-state index in [2.05, 4.69) is 4.99 Å². The molecule has 0 aliphatic carbocycles. The number of carboxylic acids is 1. The number of aliphatic imine (C=N–C) groups is 1. The Morgan fingerprint density at radius 1 is 1.23 bits per heavy atom. The number of thioether (sulfide) groups is 1. The van der Waals surface area contributed by atoms with Crippen LogP contribution in [0, 0.1) is 0 Å². The van der Waals surface area contributed by atoms with Crippen LogP contribution in [0.15, 0.2) is 52.4 Å². The predicted molar refractivity (Wildman–Crippen MR) is 122 cm³/mol. The molecule has 3 rings (SSSR count). The molecule has 1 aliphatic heterocycles. The van der Waals surface area contributed by atoms with Crippen molar-refractivity contribution in [3.8, 4) is 5.75 Å². The Morgan fingerprint density at radius 2 is 1.90 bits per heavy atom. The fourth-order valence-electron chi connectivity index (χ4n) is 2.67. The second kappa shape index (κ2) is 10.7. The number of benzene rings is 2. The number of methoxy groups -OCH3 is 1. The minimum absolute atomic E-state index is 0.0753. The third kappa shape index (κ3) is 6.01. The van der Waals surface area contributed by atoms with Crippen LogP contribution < -0.4 is 4.74 Å². The summed E-state index contributed by atoms with van der Waals surface area (Å²) in [5, 5.41) is 9.59. The number of amidine groups is 1. The summed E-state index contributed by atoms with van der Waals surface area (Å²) in [6, 6.07) is 12.4. The predicted octanol–water partition coefficient (Wildman–Crippen LogP) is 4.71. The quantitative estimate of drug-likeness (QED) is 0.550. The van der Waals surface area contributed by atoms with Crippen LogP contribution >= 0.6 is 35.0 Å². The Balaban J connectivity index is 1.90. The smallest absolute Gasteiger partial charge is 0.341 e. The molecule has 162 valence electrons. The van der Waals surface area contributed by atoms with Crippen LogP contribution in [0.25, 0.3) is 6.08 Å². The summed E-state index contributed by atoms with van der Waals surface area (Å²) in [5.74, 6) is -1.28. The summed E-state index contributed by atoms with van der Waals surface area (Å²) in [7, 11) is 1.57. The van der Waals surface area contributed by atoms with Crippen LogP contribution in [0.5, 0.6) is 5.75 Å². The minimum atomic E-state index is -1.15. The van der Waals surface area contributed by atoms with Crippen LogP contribution in [0.2, 0.25) is 10.0 Å². The number of aliphatic carboxylic acids is 1. The van der Waals surface area contributed by atoms with Gasteiger partial charge in [0.2, 0.25) is 0 Å². The lowest BCUT2D eigenvalue weighted by molar-refractivity contribution is -0.139. The maximum atomic E-state index is 13.0. The van der Waals surface area contributed by atoms with Gasteiger partial charge in [-0.3, -0.25) is 9.69 Å². The molecule has 0 spiro atoms. The molecule has 0 aromatic heterocycles. The number of hydrogen-bond donors (Lipinski definition) is 1. The molecule has 10 heteroatoms. The number of rotatable bonds is 8. The van der Waals surface area contributed by atoms with Crippen molar-refractivity contribution in [3.63, 3.8) is 0 Å². The Labute approximate surface area is 193 Å². The zero-order valence-electron chi connectivity index (χ0n) is 16.4. The number of para-hydroxylation sites is 1. The third-order valence-corrected chi connectivity index (χ3v) is 5.61. The monoisotopic (exact) mass is 480 g/mol.